The second-order valence-electron chi connectivity index (χ2n) is 4.25. The van der Waals surface area contributed by atoms with Gasteiger partial charge in [0.1, 0.15) is 10.7 Å². The summed E-state index contributed by atoms with van der Waals surface area (Å²) in [5.74, 6) is -0.860. The lowest BCUT2D eigenvalue weighted by Gasteiger charge is -2.03. The zero-order valence-corrected chi connectivity index (χ0v) is 12.6. The van der Waals surface area contributed by atoms with Crippen LogP contribution in [-0.2, 0) is 0 Å². The molecule has 0 aliphatic rings. The smallest absolute Gasteiger partial charge is 0.259 e. The van der Waals surface area contributed by atoms with Gasteiger partial charge < -0.3 is 5.73 Å². The van der Waals surface area contributed by atoms with E-state index in [1.54, 1.807) is 18.3 Å². The Kier molecular flexibility index (Phi) is 3.60. The van der Waals surface area contributed by atoms with E-state index < -0.39 is 5.91 Å². The van der Waals surface area contributed by atoms with Crippen LogP contribution in [0.3, 0.4) is 0 Å². The molecule has 1 amide bonds. The van der Waals surface area contributed by atoms with Gasteiger partial charge in [-0.15, -0.1) is 11.3 Å². The van der Waals surface area contributed by atoms with Crippen molar-refractivity contribution in [2.24, 2.45) is 5.73 Å². The van der Waals surface area contributed by atoms with Gasteiger partial charge in [0.15, 0.2) is 5.16 Å². The molecule has 7 heteroatoms. The first-order chi connectivity index (χ1) is 10.1. The Morgan fingerprint density at radius 2 is 2.05 bits per heavy atom. The van der Waals surface area contributed by atoms with E-state index in [-0.39, 0.29) is 5.82 Å². The van der Waals surface area contributed by atoms with Gasteiger partial charge in [-0.2, -0.15) is 0 Å². The number of primary amides is 1. The molecular weight excluding hydrogens is 309 g/mol. The average molecular weight is 319 g/mol. The SMILES string of the molecule is CSc1ncc2sc(C(N)=O)c(-c3ccc(F)cc3)c2n1. The summed E-state index contributed by atoms with van der Waals surface area (Å²) in [6.07, 6.45) is 3.55. The van der Waals surface area contributed by atoms with Gasteiger partial charge in [-0.3, -0.25) is 4.79 Å². The van der Waals surface area contributed by atoms with Crippen LogP contribution in [0.4, 0.5) is 4.39 Å². The summed E-state index contributed by atoms with van der Waals surface area (Å²) >= 11 is 2.66. The molecule has 0 atom stereocenters. The molecular formula is C14H10FN3OS2. The average Bonchev–Trinajstić information content (AvgIpc) is 2.86. The molecule has 0 radical (unpaired) electrons. The number of fused-ring (bicyclic) bond motifs is 1. The van der Waals surface area contributed by atoms with Gasteiger partial charge in [0.05, 0.1) is 10.2 Å². The Morgan fingerprint density at radius 1 is 1.33 bits per heavy atom. The van der Waals surface area contributed by atoms with Crippen molar-refractivity contribution in [2.75, 3.05) is 6.26 Å². The maximum atomic E-state index is 13.1. The van der Waals surface area contributed by atoms with E-state index in [2.05, 4.69) is 9.97 Å². The monoisotopic (exact) mass is 319 g/mol. The van der Waals surface area contributed by atoms with Crippen molar-refractivity contribution >= 4 is 39.2 Å². The van der Waals surface area contributed by atoms with Crippen LogP contribution in [0, 0.1) is 5.82 Å². The van der Waals surface area contributed by atoms with Crippen LogP contribution in [0.2, 0.25) is 0 Å². The van der Waals surface area contributed by atoms with E-state index in [9.17, 15) is 9.18 Å². The zero-order valence-electron chi connectivity index (χ0n) is 11.0. The minimum Gasteiger partial charge on any atom is -0.365 e. The maximum Gasteiger partial charge on any atom is 0.259 e. The molecule has 106 valence electrons. The van der Waals surface area contributed by atoms with E-state index in [1.807, 2.05) is 6.26 Å². The number of nitrogens with zero attached hydrogens (tertiary/aromatic N) is 2. The van der Waals surface area contributed by atoms with E-state index in [1.165, 1.54) is 35.2 Å². The molecule has 0 saturated carbocycles. The van der Waals surface area contributed by atoms with Crippen LogP contribution in [0.25, 0.3) is 21.3 Å². The third-order valence-electron chi connectivity index (χ3n) is 2.95. The minimum absolute atomic E-state index is 0.335. The molecule has 0 unspecified atom stereocenters. The van der Waals surface area contributed by atoms with Crippen molar-refractivity contribution < 1.29 is 9.18 Å². The molecule has 4 nitrogen and oxygen atoms in total. The third-order valence-corrected chi connectivity index (χ3v) is 4.64. The fourth-order valence-electron chi connectivity index (χ4n) is 2.03. The summed E-state index contributed by atoms with van der Waals surface area (Å²) in [4.78, 5) is 20.8. The molecule has 3 aromatic rings. The predicted molar refractivity (Wildman–Crippen MR) is 83.1 cm³/mol. The van der Waals surface area contributed by atoms with E-state index in [0.29, 0.717) is 26.7 Å². The summed E-state index contributed by atoms with van der Waals surface area (Å²) < 4.78 is 13.9. The van der Waals surface area contributed by atoms with E-state index in [0.717, 1.165) is 4.70 Å². The molecule has 0 saturated heterocycles. The number of rotatable bonds is 3. The number of hydrogen-bond donors (Lipinski definition) is 1. The first-order valence-electron chi connectivity index (χ1n) is 5.99. The standard InChI is InChI=1S/C14H10FN3OS2/c1-20-14-17-6-9-11(18-14)10(12(21-9)13(16)19)7-2-4-8(15)5-3-7/h2-6H,1H3,(H2,16,19). The van der Waals surface area contributed by atoms with Gasteiger partial charge in [-0.05, 0) is 24.0 Å². The lowest BCUT2D eigenvalue weighted by molar-refractivity contribution is 0.100. The molecule has 2 N–H and O–H groups in total. The number of nitrogens with two attached hydrogens (primary N) is 1. The normalized spacial score (nSPS) is 11.0. The van der Waals surface area contributed by atoms with Gasteiger partial charge in [-0.25, -0.2) is 14.4 Å². The Bertz CT molecular complexity index is 830. The van der Waals surface area contributed by atoms with Gasteiger partial charge in [0.25, 0.3) is 5.91 Å². The number of amides is 1. The van der Waals surface area contributed by atoms with Crippen molar-refractivity contribution in [1.82, 2.24) is 9.97 Å². The summed E-state index contributed by atoms with van der Waals surface area (Å²) in [6, 6.07) is 5.93. The number of hydrogen-bond acceptors (Lipinski definition) is 5. The lowest BCUT2D eigenvalue weighted by atomic mass is 10.0. The molecule has 2 aromatic heterocycles. The van der Waals surface area contributed by atoms with Crippen molar-refractivity contribution in [1.29, 1.82) is 0 Å². The quantitative estimate of drug-likeness (QED) is 0.594. The second kappa shape index (κ2) is 5.42. The first kappa shape index (κ1) is 14.0. The number of halogens is 1. The zero-order chi connectivity index (χ0) is 15.0. The van der Waals surface area contributed by atoms with Gasteiger partial charge >= 0.3 is 0 Å². The first-order valence-corrected chi connectivity index (χ1v) is 8.03. The Labute approximate surface area is 128 Å². The number of aromatic nitrogens is 2. The molecule has 0 fully saturated rings. The maximum absolute atomic E-state index is 13.1. The van der Waals surface area contributed by atoms with Crippen LogP contribution < -0.4 is 5.73 Å². The van der Waals surface area contributed by atoms with Crippen molar-refractivity contribution in [3.05, 3.63) is 41.2 Å². The molecule has 0 bridgehead atoms. The number of benzene rings is 1. The molecule has 0 aliphatic heterocycles. The molecule has 2 heterocycles. The lowest BCUT2D eigenvalue weighted by Crippen LogP contribution is -2.09. The summed E-state index contributed by atoms with van der Waals surface area (Å²) in [7, 11) is 0. The van der Waals surface area contributed by atoms with Crippen LogP contribution >= 0.6 is 23.1 Å². The number of thiophene rings is 1. The second-order valence-corrected chi connectivity index (χ2v) is 6.07. The summed E-state index contributed by atoms with van der Waals surface area (Å²) in [5.41, 5.74) is 7.48. The number of carbonyl (C=O) groups is 1. The highest BCUT2D eigenvalue weighted by Crippen LogP contribution is 2.37. The van der Waals surface area contributed by atoms with Gasteiger partial charge in [0, 0.05) is 11.8 Å². The molecule has 1 aromatic carbocycles. The van der Waals surface area contributed by atoms with E-state index in [4.69, 9.17) is 5.73 Å². The fourth-order valence-corrected chi connectivity index (χ4v) is 3.36. The van der Waals surface area contributed by atoms with Crippen LogP contribution in [0.5, 0.6) is 0 Å². The largest absolute Gasteiger partial charge is 0.365 e. The molecule has 3 rings (SSSR count). The van der Waals surface area contributed by atoms with Crippen LogP contribution in [0.1, 0.15) is 9.67 Å². The molecule has 21 heavy (non-hydrogen) atoms. The highest BCUT2D eigenvalue weighted by atomic mass is 32.2. The molecule has 0 spiro atoms. The van der Waals surface area contributed by atoms with Crippen molar-refractivity contribution in [2.45, 2.75) is 5.16 Å². The van der Waals surface area contributed by atoms with Crippen molar-refractivity contribution in [3.8, 4) is 11.1 Å². The Morgan fingerprint density at radius 3 is 2.67 bits per heavy atom. The van der Waals surface area contributed by atoms with Crippen LogP contribution in [0.15, 0.2) is 35.6 Å². The minimum atomic E-state index is -0.525. The third kappa shape index (κ3) is 2.50. The fraction of sp³-hybridized carbons (Fsp3) is 0.0714. The summed E-state index contributed by atoms with van der Waals surface area (Å²) in [6.45, 7) is 0. The summed E-state index contributed by atoms with van der Waals surface area (Å²) in [5, 5.41) is 0.611. The predicted octanol–water partition coefficient (Wildman–Crippen LogP) is 3.32. The van der Waals surface area contributed by atoms with Crippen molar-refractivity contribution in [3.63, 3.8) is 0 Å². The Hall–Kier alpha value is -1.99. The van der Waals surface area contributed by atoms with Crippen LogP contribution in [-0.4, -0.2) is 22.1 Å². The number of carbonyl (C=O) groups excluding carboxylic acids is 1. The highest BCUT2D eigenvalue weighted by molar-refractivity contribution is 7.98. The molecule has 0 aliphatic carbocycles. The van der Waals surface area contributed by atoms with E-state index >= 15 is 0 Å². The van der Waals surface area contributed by atoms with Gasteiger partial charge in [0.2, 0.25) is 0 Å². The topological polar surface area (TPSA) is 68.9 Å². The number of thioether (sulfide) groups is 1. The van der Waals surface area contributed by atoms with Gasteiger partial charge in [-0.1, -0.05) is 23.9 Å². The Balaban J connectivity index is 2.33. The highest BCUT2D eigenvalue weighted by Gasteiger charge is 2.19.